The molecule has 0 saturated heterocycles. The molecule has 0 aliphatic rings. The van der Waals surface area contributed by atoms with Crippen LogP contribution >= 0.6 is 0 Å². The smallest absolute Gasteiger partial charge is 0.387 e. The van der Waals surface area contributed by atoms with Crippen LogP contribution in [0.5, 0.6) is 5.75 Å². The lowest BCUT2D eigenvalue weighted by atomic mass is 10.3. The van der Waals surface area contributed by atoms with Crippen LogP contribution in [0, 0.1) is 22.7 Å². The largest absolute Gasteiger partial charge is 0.433 e. The van der Waals surface area contributed by atoms with Gasteiger partial charge in [0.1, 0.15) is 23.5 Å². The summed E-state index contributed by atoms with van der Waals surface area (Å²) in [4.78, 5) is 0. The highest BCUT2D eigenvalue weighted by Crippen LogP contribution is 2.25. The highest BCUT2D eigenvalue weighted by molar-refractivity contribution is 5.59. The van der Waals surface area contributed by atoms with Crippen LogP contribution in [-0.4, -0.2) is 6.61 Å². The van der Waals surface area contributed by atoms with Crippen LogP contribution in [0.1, 0.15) is 0 Å². The highest BCUT2D eigenvalue weighted by atomic mass is 19.3. The van der Waals surface area contributed by atoms with Crippen molar-refractivity contribution in [1.29, 1.82) is 10.5 Å². The molecule has 4 nitrogen and oxygen atoms in total. The quantitative estimate of drug-likeness (QED) is 0.814. The number of allylic oxidation sites excluding steroid dienone is 1. The monoisotopic (exact) mass is 235 g/mol. The van der Waals surface area contributed by atoms with Gasteiger partial charge in [-0.25, -0.2) is 0 Å². The lowest BCUT2D eigenvalue weighted by Gasteiger charge is -2.09. The summed E-state index contributed by atoms with van der Waals surface area (Å²) < 4.78 is 28.4. The second-order valence-corrected chi connectivity index (χ2v) is 2.80. The van der Waals surface area contributed by atoms with Crippen LogP contribution in [0.2, 0.25) is 0 Å². The summed E-state index contributed by atoms with van der Waals surface area (Å²) >= 11 is 0. The van der Waals surface area contributed by atoms with E-state index in [0.29, 0.717) is 0 Å². The Kier molecular flexibility index (Phi) is 4.46. The summed E-state index contributed by atoms with van der Waals surface area (Å²) in [6, 6.07) is 9.23. The van der Waals surface area contributed by atoms with Crippen LogP contribution in [0.25, 0.3) is 0 Å². The summed E-state index contributed by atoms with van der Waals surface area (Å²) in [7, 11) is 0. The zero-order chi connectivity index (χ0) is 12.7. The second-order valence-electron chi connectivity index (χ2n) is 2.80. The standard InChI is InChI=1S/C11H7F2N3O/c12-11(13)17-10-4-2-1-3-9(10)16-7-8(5-14)6-15/h1-4,7,11,16H. The molecule has 0 aromatic heterocycles. The Labute approximate surface area is 96.3 Å². The van der Waals surface area contributed by atoms with Crippen molar-refractivity contribution >= 4 is 5.69 Å². The molecule has 0 unspecified atom stereocenters. The average molecular weight is 235 g/mol. The lowest BCUT2D eigenvalue weighted by Crippen LogP contribution is -2.04. The van der Waals surface area contributed by atoms with Gasteiger partial charge in [-0.15, -0.1) is 0 Å². The Morgan fingerprint density at radius 2 is 1.94 bits per heavy atom. The summed E-state index contributed by atoms with van der Waals surface area (Å²) in [5.41, 5.74) is 0.0765. The fourth-order valence-corrected chi connectivity index (χ4v) is 1.02. The first-order valence-corrected chi connectivity index (χ1v) is 4.48. The number of nitrogens with one attached hydrogen (secondary N) is 1. The molecule has 1 aromatic rings. The molecule has 0 aliphatic carbocycles. The number of halogens is 2. The molecular formula is C11H7F2N3O. The van der Waals surface area contributed by atoms with Gasteiger partial charge in [0.25, 0.3) is 0 Å². The molecule has 0 saturated carbocycles. The molecule has 0 bridgehead atoms. The van der Waals surface area contributed by atoms with E-state index in [2.05, 4.69) is 10.1 Å². The molecule has 0 atom stereocenters. The summed E-state index contributed by atoms with van der Waals surface area (Å²) in [5.74, 6) is -0.0611. The van der Waals surface area contributed by atoms with E-state index in [1.54, 1.807) is 18.2 Å². The van der Waals surface area contributed by atoms with Crippen molar-refractivity contribution in [3.63, 3.8) is 0 Å². The molecule has 86 valence electrons. The molecule has 0 fully saturated rings. The molecule has 0 aliphatic heterocycles. The van der Waals surface area contributed by atoms with E-state index >= 15 is 0 Å². The molecule has 1 N–H and O–H groups in total. The van der Waals surface area contributed by atoms with Crippen LogP contribution in [0.3, 0.4) is 0 Å². The fraction of sp³-hybridized carbons (Fsp3) is 0.0909. The van der Waals surface area contributed by atoms with Gasteiger partial charge in [0.05, 0.1) is 5.69 Å². The first-order valence-electron chi connectivity index (χ1n) is 4.48. The van der Waals surface area contributed by atoms with Gasteiger partial charge in [0, 0.05) is 6.20 Å². The highest BCUT2D eigenvalue weighted by Gasteiger charge is 2.08. The number of benzene rings is 1. The van der Waals surface area contributed by atoms with E-state index in [-0.39, 0.29) is 17.0 Å². The maximum Gasteiger partial charge on any atom is 0.387 e. The Bertz CT molecular complexity index is 484. The van der Waals surface area contributed by atoms with E-state index in [4.69, 9.17) is 10.5 Å². The molecule has 0 spiro atoms. The Morgan fingerprint density at radius 1 is 1.29 bits per heavy atom. The van der Waals surface area contributed by atoms with Crippen LogP contribution in [-0.2, 0) is 0 Å². The van der Waals surface area contributed by atoms with E-state index < -0.39 is 6.61 Å². The molecule has 1 rings (SSSR count). The van der Waals surface area contributed by atoms with Crippen molar-refractivity contribution in [3.05, 3.63) is 36.0 Å². The van der Waals surface area contributed by atoms with Gasteiger partial charge < -0.3 is 10.1 Å². The number of rotatable bonds is 4. The number of para-hydroxylation sites is 2. The van der Waals surface area contributed by atoms with Crippen molar-refractivity contribution in [2.24, 2.45) is 0 Å². The number of alkyl halides is 2. The van der Waals surface area contributed by atoms with Crippen LogP contribution < -0.4 is 10.1 Å². The summed E-state index contributed by atoms with van der Waals surface area (Å²) in [6.45, 7) is -2.94. The summed E-state index contributed by atoms with van der Waals surface area (Å²) in [6.07, 6.45) is 1.12. The number of anilines is 1. The number of nitrogens with zero attached hydrogens (tertiary/aromatic N) is 2. The summed E-state index contributed by atoms with van der Waals surface area (Å²) in [5, 5.41) is 19.5. The topological polar surface area (TPSA) is 68.8 Å². The van der Waals surface area contributed by atoms with Crippen molar-refractivity contribution in [1.82, 2.24) is 0 Å². The molecule has 0 amide bonds. The Hall–Kier alpha value is -2.60. The average Bonchev–Trinajstić information content (AvgIpc) is 2.31. The van der Waals surface area contributed by atoms with Gasteiger partial charge in [0.15, 0.2) is 0 Å². The van der Waals surface area contributed by atoms with Crippen molar-refractivity contribution < 1.29 is 13.5 Å². The second kappa shape index (κ2) is 6.09. The SMILES string of the molecule is N#CC(C#N)=CNc1ccccc1OC(F)F. The van der Waals surface area contributed by atoms with Crippen LogP contribution in [0.4, 0.5) is 14.5 Å². The maximum atomic E-state index is 12.1. The lowest BCUT2D eigenvalue weighted by molar-refractivity contribution is -0.0493. The predicted octanol–water partition coefficient (Wildman–Crippen LogP) is 2.63. The minimum Gasteiger partial charge on any atom is -0.433 e. The predicted molar refractivity (Wildman–Crippen MR) is 56.0 cm³/mol. The number of hydrogen-bond acceptors (Lipinski definition) is 4. The first-order chi connectivity index (χ1) is 8.17. The van der Waals surface area contributed by atoms with Crippen molar-refractivity contribution in [2.45, 2.75) is 6.61 Å². The van der Waals surface area contributed by atoms with Gasteiger partial charge >= 0.3 is 6.61 Å². The van der Waals surface area contributed by atoms with E-state index in [0.717, 1.165) is 6.20 Å². The number of ether oxygens (including phenoxy) is 1. The zero-order valence-electron chi connectivity index (χ0n) is 8.52. The van der Waals surface area contributed by atoms with Crippen molar-refractivity contribution in [2.75, 3.05) is 5.32 Å². The van der Waals surface area contributed by atoms with Gasteiger partial charge in [0.2, 0.25) is 0 Å². The van der Waals surface area contributed by atoms with Gasteiger partial charge in [-0.1, -0.05) is 12.1 Å². The third-order valence-electron chi connectivity index (χ3n) is 1.72. The minimum absolute atomic E-state index is 0.0611. The van der Waals surface area contributed by atoms with E-state index in [1.807, 2.05) is 0 Å². The van der Waals surface area contributed by atoms with Crippen LogP contribution in [0.15, 0.2) is 36.0 Å². The number of hydrogen-bond donors (Lipinski definition) is 1. The third kappa shape index (κ3) is 3.80. The van der Waals surface area contributed by atoms with Gasteiger partial charge in [-0.05, 0) is 12.1 Å². The zero-order valence-corrected chi connectivity index (χ0v) is 8.52. The molecule has 0 heterocycles. The fourth-order valence-electron chi connectivity index (χ4n) is 1.02. The molecule has 17 heavy (non-hydrogen) atoms. The molecule has 0 radical (unpaired) electrons. The normalized spacial score (nSPS) is 9.00. The van der Waals surface area contributed by atoms with Gasteiger partial charge in [-0.2, -0.15) is 19.3 Å². The van der Waals surface area contributed by atoms with E-state index in [9.17, 15) is 8.78 Å². The van der Waals surface area contributed by atoms with Gasteiger partial charge in [-0.3, -0.25) is 0 Å². The number of nitriles is 2. The Balaban J connectivity index is 2.89. The Morgan fingerprint density at radius 3 is 2.53 bits per heavy atom. The molecule has 1 aromatic carbocycles. The van der Waals surface area contributed by atoms with Crippen molar-refractivity contribution in [3.8, 4) is 17.9 Å². The maximum absolute atomic E-state index is 12.1. The third-order valence-corrected chi connectivity index (χ3v) is 1.72. The first kappa shape index (κ1) is 12.5. The van der Waals surface area contributed by atoms with E-state index in [1.165, 1.54) is 18.2 Å². The molecular weight excluding hydrogens is 228 g/mol. The minimum atomic E-state index is -2.94. The molecule has 6 heteroatoms.